The molecular formula is C25H30ClN3O2. The Hall–Kier alpha value is -2.79. The number of benzene rings is 2. The molecule has 0 unspecified atom stereocenters. The summed E-state index contributed by atoms with van der Waals surface area (Å²) in [6.07, 6.45) is 0.949. The third-order valence-electron chi connectivity index (χ3n) is 5.32. The molecule has 0 saturated carbocycles. The molecule has 0 aliphatic rings. The lowest BCUT2D eigenvalue weighted by Gasteiger charge is -2.14. The van der Waals surface area contributed by atoms with Gasteiger partial charge in [-0.05, 0) is 62.2 Å². The minimum Gasteiger partial charge on any atom is -0.352 e. The number of halogens is 1. The van der Waals surface area contributed by atoms with Gasteiger partial charge in [0.05, 0.1) is 10.6 Å². The lowest BCUT2D eigenvalue weighted by Crippen LogP contribution is -2.27. The standard InChI is InChI=1S/C25H30ClN3O2/c1-6-20-13-18-12-19(8-10-23(18)29(20)16(4)5)28-25(31)21-11-17(7-9-22(21)26)14-27-24(30)15(2)3/h7-13,15-16H,6,14H2,1-5H3,(H,27,30)(H,28,31). The van der Waals surface area contributed by atoms with Crippen LogP contribution in [0.5, 0.6) is 0 Å². The molecule has 164 valence electrons. The van der Waals surface area contributed by atoms with Crippen LogP contribution in [0.3, 0.4) is 0 Å². The summed E-state index contributed by atoms with van der Waals surface area (Å²) in [5.74, 6) is -0.404. The highest BCUT2D eigenvalue weighted by Gasteiger charge is 2.15. The van der Waals surface area contributed by atoms with Crippen LogP contribution < -0.4 is 10.6 Å². The van der Waals surface area contributed by atoms with E-state index in [1.807, 2.05) is 38.1 Å². The molecule has 0 aliphatic carbocycles. The van der Waals surface area contributed by atoms with Gasteiger partial charge >= 0.3 is 0 Å². The van der Waals surface area contributed by atoms with E-state index < -0.39 is 0 Å². The van der Waals surface area contributed by atoms with Crippen molar-refractivity contribution in [2.24, 2.45) is 5.92 Å². The minimum atomic E-state index is -0.277. The minimum absolute atomic E-state index is 0.0333. The summed E-state index contributed by atoms with van der Waals surface area (Å²) in [5, 5.41) is 7.29. The third-order valence-corrected chi connectivity index (χ3v) is 5.65. The molecular weight excluding hydrogens is 410 g/mol. The van der Waals surface area contributed by atoms with Crippen LogP contribution in [0.15, 0.2) is 42.5 Å². The second-order valence-electron chi connectivity index (χ2n) is 8.37. The predicted octanol–water partition coefficient (Wildman–Crippen LogP) is 5.96. The first-order valence-electron chi connectivity index (χ1n) is 10.7. The number of fused-ring (bicyclic) bond motifs is 1. The van der Waals surface area contributed by atoms with E-state index in [0.717, 1.165) is 28.6 Å². The van der Waals surface area contributed by atoms with Crippen molar-refractivity contribution in [1.29, 1.82) is 0 Å². The van der Waals surface area contributed by atoms with Crippen LogP contribution in [0.25, 0.3) is 10.9 Å². The van der Waals surface area contributed by atoms with E-state index in [1.165, 1.54) is 5.69 Å². The highest BCUT2D eigenvalue weighted by atomic mass is 35.5. The van der Waals surface area contributed by atoms with Crippen LogP contribution >= 0.6 is 11.6 Å². The Morgan fingerprint density at radius 3 is 2.42 bits per heavy atom. The molecule has 2 N–H and O–H groups in total. The molecule has 0 spiro atoms. The zero-order chi connectivity index (χ0) is 22.7. The van der Waals surface area contributed by atoms with Gasteiger partial charge in [0, 0.05) is 40.8 Å². The molecule has 31 heavy (non-hydrogen) atoms. The van der Waals surface area contributed by atoms with E-state index in [2.05, 4.69) is 42.0 Å². The predicted molar refractivity (Wildman–Crippen MR) is 128 cm³/mol. The number of nitrogens with zero attached hydrogens (tertiary/aromatic N) is 1. The van der Waals surface area contributed by atoms with Gasteiger partial charge < -0.3 is 15.2 Å². The molecule has 0 aliphatic heterocycles. The summed E-state index contributed by atoms with van der Waals surface area (Å²) in [6, 6.07) is 13.7. The number of amides is 2. The first-order chi connectivity index (χ1) is 14.7. The van der Waals surface area contributed by atoms with Crippen LogP contribution in [-0.2, 0) is 17.8 Å². The van der Waals surface area contributed by atoms with E-state index in [9.17, 15) is 9.59 Å². The maximum Gasteiger partial charge on any atom is 0.257 e. The van der Waals surface area contributed by atoms with E-state index in [1.54, 1.807) is 12.1 Å². The summed E-state index contributed by atoms with van der Waals surface area (Å²) in [5.41, 5.74) is 4.35. The monoisotopic (exact) mass is 439 g/mol. The van der Waals surface area contributed by atoms with E-state index in [0.29, 0.717) is 23.2 Å². The molecule has 3 aromatic rings. The van der Waals surface area contributed by atoms with Gasteiger partial charge in [-0.2, -0.15) is 0 Å². The van der Waals surface area contributed by atoms with Gasteiger partial charge in [-0.15, -0.1) is 0 Å². The molecule has 2 aromatic carbocycles. The topological polar surface area (TPSA) is 63.1 Å². The SMILES string of the molecule is CCc1cc2cc(NC(=O)c3cc(CNC(=O)C(C)C)ccc3Cl)ccc2n1C(C)C. The van der Waals surface area contributed by atoms with Crippen molar-refractivity contribution in [3.63, 3.8) is 0 Å². The fourth-order valence-corrected chi connectivity index (χ4v) is 3.90. The van der Waals surface area contributed by atoms with Gasteiger partial charge in [-0.1, -0.05) is 38.4 Å². The molecule has 1 aromatic heterocycles. The lowest BCUT2D eigenvalue weighted by atomic mass is 10.1. The number of anilines is 1. The molecule has 3 rings (SSSR count). The fraction of sp³-hybridized carbons (Fsp3) is 0.360. The zero-order valence-electron chi connectivity index (χ0n) is 18.8. The highest BCUT2D eigenvalue weighted by Crippen LogP contribution is 2.28. The fourth-order valence-electron chi connectivity index (χ4n) is 3.70. The first-order valence-corrected chi connectivity index (χ1v) is 11.1. The number of nitrogens with one attached hydrogen (secondary N) is 2. The van der Waals surface area contributed by atoms with Gasteiger partial charge in [0.15, 0.2) is 0 Å². The zero-order valence-corrected chi connectivity index (χ0v) is 19.5. The summed E-state index contributed by atoms with van der Waals surface area (Å²) in [6.45, 7) is 10.5. The molecule has 0 atom stereocenters. The van der Waals surface area contributed by atoms with Crippen LogP contribution in [0.4, 0.5) is 5.69 Å². The Morgan fingerprint density at radius 2 is 1.77 bits per heavy atom. The van der Waals surface area contributed by atoms with Crippen molar-refractivity contribution < 1.29 is 9.59 Å². The average molecular weight is 440 g/mol. The quantitative estimate of drug-likeness (QED) is 0.476. The molecule has 0 saturated heterocycles. The van der Waals surface area contributed by atoms with Crippen molar-refractivity contribution >= 4 is 40.0 Å². The van der Waals surface area contributed by atoms with Gasteiger partial charge in [0.1, 0.15) is 0 Å². The van der Waals surface area contributed by atoms with Crippen molar-refractivity contribution in [1.82, 2.24) is 9.88 Å². The van der Waals surface area contributed by atoms with Crippen LogP contribution in [0.1, 0.15) is 62.3 Å². The van der Waals surface area contributed by atoms with Gasteiger partial charge in [0.25, 0.3) is 5.91 Å². The van der Waals surface area contributed by atoms with Gasteiger partial charge in [-0.3, -0.25) is 9.59 Å². The van der Waals surface area contributed by atoms with E-state index >= 15 is 0 Å². The molecule has 2 amide bonds. The Labute approximate surface area is 188 Å². The van der Waals surface area contributed by atoms with Crippen LogP contribution in [0, 0.1) is 5.92 Å². The number of aryl methyl sites for hydroxylation is 1. The smallest absolute Gasteiger partial charge is 0.257 e. The molecule has 0 bridgehead atoms. The van der Waals surface area contributed by atoms with Gasteiger partial charge in [0.2, 0.25) is 5.91 Å². The third kappa shape index (κ3) is 5.10. The van der Waals surface area contributed by atoms with E-state index in [4.69, 9.17) is 11.6 Å². The van der Waals surface area contributed by atoms with E-state index in [-0.39, 0.29) is 17.7 Å². The van der Waals surface area contributed by atoms with Crippen LogP contribution in [0.2, 0.25) is 5.02 Å². The summed E-state index contributed by atoms with van der Waals surface area (Å²) < 4.78 is 2.33. The Bertz CT molecular complexity index is 1120. The molecule has 6 heteroatoms. The van der Waals surface area contributed by atoms with Crippen molar-refractivity contribution in [2.45, 2.75) is 53.6 Å². The lowest BCUT2D eigenvalue weighted by molar-refractivity contribution is -0.124. The highest BCUT2D eigenvalue weighted by molar-refractivity contribution is 6.34. The number of hydrogen-bond acceptors (Lipinski definition) is 2. The number of carbonyl (C=O) groups excluding carboxylic acids is 2. The first kappa shape index (κ1) is 22.9. The summed E-state index contributed by atoms with van der Waals surface area (Å²) in [4.78, 5) is 24.7. The Balaban J connectivity index is 1.81. The largest absolute Gasteiger partial charge is 0.352 e. The molecule has 0 fully saturated rings. The maximum atomic E-state index is 12.9. The second-order valence-corrected chi connectivity index (χ2v) is 8.77. The summed E-state index contributed by atoms with van der Waals surface area (Å²) >= 11 is 6.29. The molecule has 1 heterocycles. The second kappa shape index (κ2) is 9.56. The van der Waals surface area contributed by atoms with Crippen molar-refractivity contribution in [2.75, 3.05) is 5.32 Å². The number of hydrogen-bond donors (Lipinski definition) is 2. The normalized spacial score (nSPS) is 11.4. The maximum absolute atomic E-state index is 12.9. The average Bonchev–Trinajstić information content (AvgIpc) is 3.10. The Morgan fingerprint density at radius 1 is 1.03 bits per heavy atom. The van der Waals surface area contributed by atoms with Gasteiger partial charge in [-0.25, -0.2) is 0 Å². The number of carbonyl (C=O) groups is 2. The Kier molecular flexibility index (Phi) is 7.06. The molecule has 0 radical (unpaired) electrons. The van der Waals surface area contributed by atoms with Crippen LogP contribution in [-0.4, -0.2) is 16.4 Å². The number of rotatable bonds is 7. The summed E-state index contributed by atoms with van der Waals surface area (Å²) in [7, 11) is 0. The molecule has 5 nitrogen and oxygen atoms in total. The van der Waals surface area contributed by atoms with Crippen molar-refractivity contribution in [3.05, 3.63) is 64.3 Å². The number of aromatic nitrogens is 1. The van der Waals surface area contributed by atoms with Crippen molar-refractivity contribution in [3.8, 4) is 0 Å².